The summed E-state index contributed by atoms with van der Waals surface area (Å²) < 4.78 is 0. The lowest BCUT2D eigenvalue weighted by molar-refractivity contribution is 0.0827. The van der Waals surface area contributed by atoms with Crippen molar-refractivity contribution in [2.24, 2.45) is 5.92 Å². The van der Waals surface area contributed by atoms with E-state index < -0.39 is 0 Å². The molecular formula is C13H26N2. The van der Waals surface area contributed by atoms with E-state index >= 15 is 0 Å². The monoisotopic (exact) mass is 210 g/mol. The van der Waals surface area contributed by atoms with Gasteiger partial charge in [-0.25, -0.2) is 0 Å². The third-order valence-electron chi connectivity index (χ3n) is 4.47. The van der Waals surface area contributed by atoms with Gasteiger partial charge in [-0.2, -0.15) is 0 Å². The average Bonchev–Trinajstić information content (AvgIpc) is 2.30. The molecule has 2 nitrogen and oxygen atoms in total. The Morgan fingerprint density at radius 3 is 2.27 bits per heavy atom. The Hall–Kier alpha value is -0.0800. The second kappa shape index (κ2) is 5.31. The number of likely N-dealkylation sites (tertiary alicyclic amines) is 1. The topological polar surface area (TPSA) is 15.3 Å². The third-order valence-corrected chi connectivity index (χ3v) is 4.47. The lowest BCUT2D eigenvalue weighted by Gasteiger charge is -2.42. The Morgan fingerprint density at radius 2 is 1.67 bits per heavy atom. The number of rotatable bonds is 2. The summed E-state index contributed by atoms with van der Waals surface area (Å²) in [7, 11) is 2.10. The number of hydrogen-bond donors (Lipinski definition) is 1. The largest absolute Gasteiger partial charge is 0.317 e. The highest BCUT2D eigenvalue weighted by Gasteiger charge is 2.29. The summed E-state index contributed by atoms with van der Waals surface area (Å²) >= 11 is 0. The van der Waals surface area contributed by atoms with Crippen molar-refractivity contribution in [3.8, 4) is 0 Å². The molecule has 0 radical (unpaired) electrons. The van der Waals surface area contributed by atoms with E-state index in [4.69, 9.17) is 0 Å². The molecule has 1 aliphatic heterocycles. The molecule has 0 amide bonds. The van der Waals surface area contributed by atoms with E-state index in [1.54, 1.807) is 0 Å². The number of hydrogen-bond acceptors (Lipinski definition) is 2. The highest BCUT2D eigenvalue weighted by atomic mass is 15.2. The van der Waals surface area contributed by atoms with E-state index in [1.165, 1.54) is 51.6 Å². The first-order chi connectivity index (χ1) is 7.31. The Morgan fingerprint density at radius 1 is 1.00 bits per heavy atom. The maximum Gasteiger partial charge on any atom is 0.0121 e. The van der Waals surface area contributed by atoms with Crippen LogP contribution in [-0.4, -0.2) is 37.1 Å². The van der Waals surface area contributed by atoms with Crippen LogP contribution in [0.5, 0.6) is 0 Å². The normalized spacial score (nSPS) is 35.6. The van der Waals surface area contributed by atoms with Crippen molar-refractivity contribution in [1.82, 2.24) is 10.2 Å². The molecule has 0 aromatic rings. The van der Waals surface area contributed by atoms with Gasteiger partial charge in [-0.3, -0.25) is 0 Å². The first-order valence-corrected chi connectivity index (χ1v) is 6.72. The first-order valence-electron chi connectivity index (χ1n) is 6.72. The van der Waals surface area contributed by atoms with E-state index in [2.05, 4.69) is 24.2 Å². The molecule has 2 rings (SSSR count). The maximum absolute atomic E-state index is 3.41. The molecule has 2 fully saturated rings. The summed E-state index contributed by atoms with van der Waals surface area (Å²) in [5, 5.41) is 3.41. The second-order valence-corrected chi connectivity index (χ2v) is 5.43. The van der Waals surface area contributed by atoms with Crippen LogP contribution in [0.2, 0.25) is 0 Å². The third kappa shape index (κ3) is 2.73. The molecule has 0 aromatic heterocycles. The Bertz CT molecular complexity index is 185. The minimum absolute atomic E-state index is 0.778. The number of piperidine rings is 1. The molecule has 1 N–H and O–H groups in total. The molecule has 2 aliphatic rings. The van der Waals surface area contributed by atoms with E-state index in [0.717, 1.165) is 18.0 Å². The summed E-state index contributed by atoms with van der Waals surface area (Å²) in [6, 6.07) is 1.68. The first kappa shape index (κ1) is 11.4. The molecule has 0 bridgehead atoms. The van der Waals surface area contributed by atoms with Gasteiger partial charge in [0.15, 0.2) is 0 Å². The van der Waals surface area contributed by atoms with Gasteiger partial charge >= 0.3 is 0 Å². The average molecular weight is 210 g/mol. The molecule has 15 heavy (non-hydrogen) atoms. The van der Waals surface area contributed by atoms with E-state index in [-0.39, 0.29) is 0 Å². The van der Waals surface area contributed by atoms with Crippen molar-refractivity contribution in [3.05, 3.63) is 0 Å². The van der Waals surface area contributed by atoms with Crippen LogP contribution in [0.15, 0.2) is 0 Å². The lowest BCUT2D eigenvalue weighted by Crippen LogP contribution is -2.48. The lowest BCUT2D eigenvalue weighted by atomic mass is 9.84. The zero-order valence-electron chi connectivity index (χ0n) is 10.3. The molecule has 2 unspecified atom stereocenters. The number of nitrogens with one attached hydrogen (secondary N) is 1. The Kier molecular flexibility index (Phi) is 4.04. The molecule has 0 aromatic carbocycles. The van der Waals surface area contributed by atoms with Gasteiger partial charge in [-0.1, -0.05) is 19.8 Å². The minimum Gasteiger partial charge on any atom is -0.317 e. The molecular weight excluding hydrogens is 184 g/mol. The molecule has 0 spiro atoms. The molecule has 1 saturated heterocycles. The molecule has 2 atom stereocenters. The van der Waals surface area contributed by atoms with Gasteiger partial charge in [0, 0.05) is 12.1 Å². The van der Waals surface area contributed by atoms with Crippen molar-refractivity contribution in [2.75, 3.05) is 20.1 Å². The summed E-state index contributed by atoms with van der Waals surface area (Å²) in [6.07, 6.45) is 8.52. The van der Waals surface area contributed by atoms with E-state index in [0.29, 0.717) is 0 Å². The van der Waals surface area contributed by atoms with Crippen LogP contribution in [0, 0.1) is 5.92 Å². The van der Waals surface area contributed by atoms with Crippen LogP contribution in [0.4, 0.5) is 0 Å². The standard InChI is InChI=1S/C13H26N2/c1-11-5-3-4-6-13(11)15-9-7-12(14-2)8-10-15/h11-14H,3-10H2,1-2H3. The highest BCUT2D eigenvalue weighted by molar-refractivity contribution is 4.85. The van der Waals surface area contributed by atoms with Gasteiger partial charge in [0.25, 0.3) is 0 Å². The quantitative estimate of drug-likeness (QED) is 0.752. The van der Waals surface area contributed by atoms with Gasteiger partial charge < -0.3 is 10.2 Å². The highest BCUT2D eigenvalue weighted by Crippen LogP contribution is 2.29. The zero-order valence-corrected chi connectivity index (χ0v) is 10.3. The fourth-order valence-corrected chi connectivity index (χ4v) is 3.36. The van der Waals surface area contributed by atoms with Crippen LogP contribution in [-0.2, 0) is 0 Å². The second-order valence-electron chi connectivity index (χ2n) is 5.43. The van der Waals surface area contributed by atoms with E-state index in [9.17, 15) is 0 Å². The summed E-state index contributed by atoms with van der Waals surface area (Å²) in [4.78, 5) is 2.76. The van der Waals surface area contributed by atoms with Gasteiger partial charge in [0.05, 0.1) is 0 Å². The maximum atomic E-state index is 3.41. The molecule has 1 heterocycles. The van der Waals surface area contributed by atoms with Crippen molar-refractivity contribution < 1.29 is 0 Å². The Labute approximate surface area is 94.4 Å². The van der Waals surface area contributed by atoms with Gasteiger partial charge in [-0.05, 0) is 51.7 Å². The molecule has 1 aliphatic carbocycles. The van der Waals surface area contributed by atoms with Crippen LogP contribution in [0.25, 0.3) is 0 Å². The van der Waals surface area contributed by atoms with Crippen LogP contribution >= 0.6 is 0 Å². The van der Waals surface area contributed by atoms with Crippen molar-refractivity contribution in [1.29, 1.82) is 0 Å². The number of nitrogens with zero attached hydrogens (tertiary/aromatic N) is 1. The Balaban J connectivity index is 1.83. The SMILES string of the molecule is CNC1CCN(C2CCCCC2C)CC1. The minimum atomic E-state index is 0.778. The predicted molar refractivity (Wildman–Crippen MR) is 65.1 cm³/mol. The van der Waals surface area contributed by atoms with E-state index in [1.807, 2.05) is 0 Å². The van der Waals surface area contributed by atoms with Crippen LogP contribution in [0.1, 0.15) is 45.4 Å². The summed E-state index contributed by atoms with van der Waals surface area (Å²) in [5.74, 6) is 0.935. The zero-order chi connectivity index (χ0) is 10.7. The van der Waals surface area contributed by atoms with Crippen LogP contribution < -0.4 is 5.32 Å². The van der Waals surface area contributed by atoms with Crippen molar-refractivity contribution in [2.45, 2.75) is 57.5 Å². The molecule has 2 heteroatoms. The van der Waals surface area contributed by atoms with Gasteiger partial charge in [-0.15, -0.1) is 0 Å². The van der Waals surface area contributed by atoms with Crippen molar-refractivity contribution >= 4 is 0 Å². The molecule has 88 valence electrons. The van der Waals surface area contributed by atoms with Crippen molar-refractivity contribution in [3.63, 3.8) is 0 Å². The fourth-order valence-electron chi connectivity index (χ4n) is 3.36. The molecule has 1 saturated carbocycles. The van der Waals surface area contributed by atoms with Crippen LogP contribution in [0.3, 0.4) is 0 Å². The summed E-state index contributed by atoms with van der Waals surface area (Å²) in [5.41, 5.74) is 0. The fraction of sp³-hybridized carbons (Fsp3) is 1.00. The summed E-state index contributed by atoms with van der Waals surface area (Å²) in [6.45, 7) is 5.09. The predicted octanol–water partition coefficient (Wildman–Crippen LogP) is 2.25. The van der Waals surface area contributed by atoms with Gasteiger partial charge in [0.2, 0.25) is 0 Å². The van der Waals surface area contributed by atoms with Gasteiger partial charge in [0.1, 0.15) is 0 Å². The smallest absolute Gasteiger partial charge is 0.0121 e.